The van der Waals surface area contributed by atoms with Gasteiger partial charge in [-0.3, -0.25) is 9.59 Å². The highest BCUT2D eigenvalue weighted by molar-refractivity contribution is 5.95. The fourth-order valence-electron chi connectivity index (χ4n) is 5.09. The van der Waals surface area contributed by atoms with Crippen LogP contribution in [-0.4, -0.2) is 24.4 Å². The molecule has 1 aromatic heterocycles. The predicted molar refractivity (Wildman–Crippen MR) is 113 cm³/mol. The molecular weight excluding hydrogens is 376 g/mol. The van der Waals surface area contributed by atoms with Gasteiger partial charge in [-0.2, -0.15) is 0 Å². The second-order valence-electron chi connectivity index (χ2n) is 8.20. The minimum absolute atomic E-state index is 0.182. The van der Waals surface area contributed by atoms with Crippen molar-refractivity contribution in [1.82, 2.24) is 10.6 Å². The van der Waals surface area contributed by atoms with Gasteiger partial charge in [-0.1, -0.05) is 48.5 Å². The smallest absolute Gasteiger partial charge is 0.287 e. The van der Waals surface area contributed by atoms with Gasteiger partial charge in [-0.15, -0.1) is 0 Å². The van der Waals surface area contributed by atoms with Gasteiger partial charge in [0.2, 0.25) is 5.91 Å². The van der Waals surface area contributed by atoms with Gasteiger partial charge in [0.05, 0.1) is 6.26 Å². The topological polar surface area (TPSA) is 71.3 Å². The molecule has 0 radical (unpaired) electrons. The van der Waals surface area contributed by atoms with E-state index in [0.29, 0.717) is 18.4 Å². The van der Waals surface area contributed by atoms with Gasteiger partial charge < -0.3 is 15.1 Å². The van der Waals surface area contributed by atoms with Gasteiger partial charge in [-0.25, -0.2) is 0 Å². The Morgan fingerprint density at radius 2 is 1.60 bits per heavy atom. The van der Waals surface area contributed by atoms with E-state index in [0.717, 1.165) is 6.42 Å². The maximum atomic E-state index is 12.6. The molecule has 3 aliphatic carbocycles. The van der Waals surface area contributed by atoms with E-state index in [9.17, 15) is 9.59 Å². The molecule has 2 atom stereocenters. The van der Waals surface area contributed by atoms with E-state index in [1.165, 1.54) is 28.5 Å². The number of rotatable bonds is 5. The molecule has 2 unspecified atom stereocenters. The lowest BCUT2D eigenvalue weighted by atomic mass is 9.59. The Morgan fingerprint density at radius 1 is 0.967 bits per heavy atom. The van der Waals surface area contributed by atoms with E-state index in [1.54, 1.807) is 19.1 Å². The molecule has 1 heterocycles. The number of carbonyl (C=O) groups excluding carboxylic acids is 2. The van der Waals surface area contributed by atoms with E-state index >= 15 is 0 Å². The number of fused-ring (bicyclic) bond motifs is 1. The average molecular weight is 400 g/mol. The molecule has 0 saturated carbocycles. The molecule has 5 heteroatoms. The van der Waals surface area contributed by atoms with Gasteiger partial charge in [0, 0.05) is 18.4 Å². The summed E-state index contributed by atoms with van der Waals surface area (Å²) in [4.78, 5) is 24.8. The van der Waals surface area contributed by atoms with Crippen LogP contribution in [-0.2, 0) is 4.79 Å². The van der Waals surface area contributed by atoms with Crippen LogP contribution in [0.4, 0.5) is 0 Å². The van der Waals surface area contributed by atoms with E-state index in [-0.39, 0.29) is 23.5 Å². The van der Waals surface area contributed by atoms with E-state index < -0.39 is 6.04 Å². The summed E-state index contributed by atoms with van der Waals surface area (Å²) in [6.07, 6.45) is 2.46. The Labute approximate surface area is 175 Å². The zero-order valence-electron chi connectivity index (χ0n) is 16.8. The van der Waals surface area contributed by atoms with E-state index in [1.807, 2.05) is 0 Å². The first-order valence-corrected chi connectivity index (χ1v) is 10.4. The fraction of sp³-hybridized carbons (Fsp3) is 0.280. The molecule has 0 aliphatic heterocycles. The van der Waals surface area contributed by atoms with Crippen molar-refractivity contribution < 1.29 is 14.0 Å². The number of carbonyl (C=O) groups is 2. The van der Waals surface area contributed by atoms with Crippen LogP contribution in [0.3, 0.4) is 0 Å². The van der Waals surface area contributed by atoms with Gasteiger partial charge in [0.1, 0.15) is 6.04 Å². The molecule has 2 amide bonds. The zero-order chi connectivity index (χ0) is 20.7. The van der Waals surface area contributed by atoms with Crippen LogP contribution in [0, 0.1) is 5.92 Å². The van der Waals surface area contributed by atoms with Crippen LogP contribution in [0.1, 0.15) is 58.0 Å². The van der Waals surface area contributed by atoms with Crippen LogP contribution in [0.15, 0.2) is 71.3 Å². The minimum Gasteiger partial charge on any atom is -0.459 e. The lowest BCUT2D eigenvalue weighted by Crippen LogP contribution is -2.47. The highest BCUT2D eigenvalue weighted by atomic mass is 16.3. The average Bonchev–Trinajstić information content (AvgIpc) is 3.33. The van der Waals surface area contributed by atoms with Crippen molar-refractivity contribution in [3.63, 3.8) is 0 Å². The zero-order valence-corrected chi connectivity index (χ0v) is 16.8. The van der Waals surface area contributed by atoms with Gasteiger partial charge >= 0.3 is 0 Å². The number of benzene rings is 2. The third kappa shape index (κ3) is 3.11. The van der Waals surface area contributed by atoms with Crippen molar-refractivity contribution in [3.05, 3.63) is 94.9 Å². The van der Waals surface area contributed by atoms with Crippen molar-refractivity contribution in [1.29, 1.82) is 0 Å². The first-order chi connectivity index (χ1) is 14.6. The van der Waals surface area contributed by atoms with Crippen molar-refractivity contribution in [2.24, 2.45) is 5.92 Å². The van der Waals surface area contributed by atoms with Crippen molar-refractivity contribution >= 4 is 11.8 Å². The van der Waals surface area contributed by atoms with Crippen molar-refractivity contribution in [2.75, 3.05) is 6.54 Å². The Balaban J connectivity index is 1.29. The van der Waals surface area contributed by atoms with Crippen molar-refractivity contribution in [3.8, 4) is 0 Å². The second-order valence-corrected chi connectivity index (χ2v) is 8.20. The van der Waals surface area contributed by atoms with Crippen LogP contribution >= 0.6 is 0 Å². The van der Waals surface area contributed by atoms with Gasteiger partial charge in [-0.05, 0) is 53.6 Å². The van der Waals surface area contributed by atoms with Crippen LogP contribution < -0.4 is 10.6 Å². The lowest BCUT2D eigenvalue weighted by Gasteiger charge is -2.45. The summed E-state index contributed by atoms with van der Waals surface area (Å²) >= 11 is 0. The highest BCUT2D eigenvalue weighted by Crippen LogP contribution is 2.55. The molecule has 0 spiro atoms. The summed E-state index contributed by atoms with van der Waals surface area (Å²) in [5, 5.41) is 5.76. The molecule has 2 N–H and O–H groups in total. The number of furan rings is 1. The summed E-state index contributed by atoms with van der Waals surface area (Å²) in [6, 6.07) is 19.9. The predicted octanol–water partition coefficient (Wildman–Crippen LogP) is 3.81. The normalized spacial score (nSPS) is 22.0. The van der Waals surface area contributed by atoms with E-state index in [2.05, 4.69) is 59.2 Å². The number of amides is 2. The summed E-state index contributed by atoms with van der Waals surface area (Å²) in [5.41, 5.74) is 5.60. The minimum atomic E-state index is -0.636. The first kappa shape index (κ1) is 18.7. The molecule has 5 nitrogen and oxygen atoms in total. The maximum Gasteiger partial charge on any atom is 0.287 e. The van der Waals surface area contributed by atoms with Crippen LogP contribution in [0.2, 0.25) is 0 Å². The molecule has 0 saturated heterocycles. The largest absolute Gasteiger partial charge is 0.459 e. The fourth-order valence-corrected chi connectivity index (χ4v) is 5.09. The van der Waals surface area contributed by atoms with Crippen molar-refractivity contribution in [2.45, 2.75) is 31.2 Å². The summed E-state index contributed by atoms with van der Waals surface area (Å²) in [5.74, 6) is 0.625. The molecular formula is C25H24N2O3. The van der Waals surface area contributed by atoms with Gasteiger partial charge in [0.25, 0.3) is 5.91 Å². The van der Waals surface area contributed by atoms with Gasteiger partial charge in [0.15, 0.2) is 5.76 Å². The molecule has 0 fully saturated rings. The Kier molecular flexibility index (Phi) is 4.66. The maximum absolute atomic E-state index is 12.6. The molecule has 6 rings (SSSR count). The number of hydrogen-bond donors (Lipinski definition) is 2. The second kappa shape index (κ2) is 7.48. The summed E-state index contributed by atoms with van der Waals surface area (Å²) in [6.45, 7) is 2.28. The van der Waals surface area contributed by atoms with E-state index in [4.69, 9.17) is 4.42 Å². The first-order valence-electron chi connectivity index (χ1n) is 10.4. The Morgan fingerprint density at radius 3 is 2.20 bits per heavy atom. The third-order valence-corrected chi connectivity index (χ3v) is 6.45. The summed E-state index contributed by atoms with van der Waals surface area (Å²) < 4.78 is 5.09. The Bertz CT molecular complexity index is 1040. The number of hydrogen-bond acceptors (Lipinski definition) is 3. The van der Waals surface area contributed by atoms with Crippen LogP contribution in [0.5, 0.6) is 0 Å². The molecule has 2 bridgehead atoms. The SMILES string of the molecule is CC(NC(=O)c1ccco1)C(=O)NCC1CC2c3ccccc3C1c1ccccc12. The Hall–Kier alpha value is -3.34. The third-order valence-electron chi connectivity index (χ3n) is 6.45. The monoisotopic (exact) mass is 400 g/mol. The lowest BCUT2D eigenvalue weighted by molar-refractivity contribution is -0.122. The number of nitrogens with one attached hydrogen (secondary N) is 2. The quantitative estimate of drug-likeness (QED) is 0.684. The molecule has 3 aliphatic rings. The standard InChI is InChI=1S/C25H24N2O3/c1-15(27-25(29)22-11-6-12-30-22)24(28)26-14-16-13-21-17-7-2-4-9-19(17)23(16)20-10-5-3-8-18(20)21/h2-12,15-16,21,23H,13-14H2,1H3,(H,26,28)(H,27,29). The van der Waals surface area contributed by atoms with Crippen LogP contribution in [0.25, 0.3) is 0 Å². The molecule has 30 heavy (non-hydrogen) atoms. The highest BCUT2D eigenvalue weighted by Gasteiger charge is 2.42. The molecule has 2 aromatic carbocycles. The molecule has 152 valence electrons. The summed E-state index contributed by atoms with van der Waals surface area (Å²) in [7, 11) is 0. The molecule has 3 aromatic rings.